The third kappa shape index (κ3) is 1.24. The minimum Gasteiger partial charge on any atom is -0.312 e. The molecule has 2 heteroatoms. The molecule has 88 valence electrons. The Labute approximate surface area is 102 Å². The first-order valence-electron chi connectivity index (χ1n) is 6.69. The first kappa shape index (κ1) is 9.69. The average Bonchev–Trinajstić information content (AvgIpc) is 2.95. The average molecular weight is 227 g/mol. The monoisotopic (exact) mass is 227 g/mol. The van der Waals surface area contributed by atoms with E-state index in [1.165, 1.54) is 30.5 Å². The van der Waals surface area contributed by atoms with Crippen molar-refractivity contribution < 1.29 is 4.79 Å². The van der Waals surface area contributed by atoms with Crippen LogP contribution in [0, 0.1) is 11.3 Å². The molecule has 2 saturated carbocycles. The van der Waals surface area contributed by atoms with Gasteiger partial charge in [0.05, 0.1) is 0 Å². The molecule has 0 bridgehead atoms. The normalized spacial score (nSPS) is 27.8. The molecule has 1 aromatic carbocycles. The Hall–Kier alpha value is -1.31. The number of rotatable bonds is 1. The van der Waals surface area contributed by atoms with E-state index in [0.29, 0.717) is 17.2 Å². The maximum Gasteiger partial charge on any atom is 0.230 e. The summed E-state index contributed by atoms with van der Waals surface area (Å²) in [5.41, 5.74) is 2.96. The first-order valence-corrected chi connectivity index (χ1v) is 6.69. The van der Waals surface area contributed by atoms with E-state index >= 15 is 0 Å². The molecule has 1 atom stereocenters. The van der Waals surface area contributed by atoms with Crippen molar-refractivity contribution in [3.8, 4) is 0 Å². The van der Waals surface area contributed by atoms with Crippen molar-refractivity contribution in [1.82, 2.24) is 0 Å². The van der Waals surface area contributed by atoms with Crippen molar-refractivity contribution in [3.05, 3.63) is 29.8 Å². The third-order valence-electron chi connectivity index (χ3n) is 4.99. The molecule has 0 unspecified atom stereocenters. The summed E-state index contributed by atoms with van der Waals surface area (Å²) in [6, 6.07) is 8.35. The van der Waals surface area contributed by atoms with Crippen LogP contribution < -0.4 is 4.90 Å². The summed E-state index contributed by atoms with van der Waals surface area (Å²) >= 11 is 0. The van der Waals surface area contributed by atoms with Gasteiger partial charge in [0.25, 0.3) is 0 Å². The zero-order chi connectivity index (χ0) is 11.5. The summed E-state index contributed by atoms with van der Waals surface area (Å²) in [7, 11) is 0. The highest BCUT2D eigenvalue weighted by Crippen LogP contribution is 2.66. The van der Waals surface area contributed by atoms with Crippen LogP contribution >= 0.6 is 0 Å². The molecular weight excluding hydrogens is 210 g/mol. The van der Waals surface area contributed by atoms with Crippen molar-refractivity contribution in [2.45, 2.75) is 32.1 Å². The maximum atomic E-state index is 12.5. The van der Waals surface area contributed by atoms with E-state index in [4.69, 9.17) is 0 Å². The van der Waals surface area contributed by atoms with Gasteiger partial charge in [-0.2, -0.15) is 0 Å². The Morgan fingerprint density at radius 3 is 2.82 bits per heavy atom. The van der Waals surface area contributed by atoms with Gasteiger partial charge in [-0.25, -0.2) is 0 Å². The summed E-state index contributed by atoms with van der Waals surface area (Å²) in [5, 5.41) is 0. The molecule has 4 rings (SSSR count). The highest BCUT2D eigenvalue weighted by molar-refractivity contribution is 5.99. The van der Waals surface area contributed by atoms with Gasteiger partial charge in [0.2, 0.25) is 5.91 Å². The van der Waals surface area contributed by atoms with Gasteiger partial charge in [0.15, 0.2) is 0 Å². The summed E-state index contributed by atoms with van der Waals surface area (Å²) < 4.78 is 0. The lowest BCUT2D eigenvalue weighted by molar-refractivity contribution is -0.120. The fraction of sp³-hybridized carbons (Fsp3) is 0.533. The fourth-order valence-electron chi connectivity index (χ4n) is 3.64. The van der Waals surface area contributed by atoms with Crippen LogP contribution in [0.3, 0.4) is 0 Å². The minimum absolute atomic E-state index is 0.349. The van der Waals surface area contributed by atoms with Crippen LogP contribution in [-0.2, 0) is 11.2 Å². The molecule has 2 fully saturated rings. The van der Waals surface area contributed by atoms with Crippen molar-refractivity contribution >= 4 is 11.6 Å². The number of amides is 1. The number of para-hydroxylation sites is 1. The van der Waals surface area contributed by atoms with E-state index in [-0.39, 0.29) is 0 Å². The van der Waals surface area contributed by atoms with Crippen LogP contribution in [0.4, 0.5) is 5.69 Å². The molecule has 17 heavy (non-hydrogen) atoms. The number of carbonyl (C=O) groups is 1. The molecular formula is C15H17NO. The van der Waals surface area contributed by atoms with E-state index in [1.54, 1.807) is 0 Å². The van der Waals surface area contributed by atoms with Gasteiger partial charge >= 0.3 is 0 Å². The van der Waals surface area contributed by atoms with Crippen LogP contribution in [0.1, 0.15) is 31.2 Å². The summed E-state index contributed by atoms with van der Waals surface area (Å²) in [5.74, 6) is 0.747. The molecule has 1 heterocycles. The zero-order valence-electron chi connectivity index (χ0n) is 9.98. The second-order valence-corrected chi connectivity index (χ2v) is 5.84. The molecule has 0 saturated heterocycles. The number of carbonyl (C=O) groups excluding carboxylic acids is 1. The van der Waals surface area contributed by atoms with Crippen LogP contribution in [0.5, 0.6) is 0 Å². The number of fused-ring (bicyclic) bond motifs is 1. The number of nitrogens with zero attached hydrogens (tertiary/aromatic N) is 1. The Kier molecular flexibility index (Phi) is 1.78. The van der Waals surface area contributed by atoms with Gasteiger partial charge in [-0.15, -0.1) is 0 Å². The summed E-state index contributed by atoms with van der Waals surface area (Å²) in [6.45, 7) is 0.894. The molecule has 1 amide bonds. The predicted octanol–water partition coefficient (Wildman–Crippen LogP) is 2.77. The molecule has 2 nitrogen and oxygen atoms in total. The van der Waals surface area contributed by atoms with Crippen LogP contribution in [0.2, 0.25) is 0 Å². The van der Waals surface area contributed by atoms with Crippen LogP contribution in [-0.4, -0.2) is 12.5 Å². The van der Waals surface area contributed by atoms with Gasteiger partial charge in [0.1, 0.15) is 0 Å². The van der Waals surface area contributed by atoms with Gasteiger partial charge in [-0.3, -0.25) is 4.79 Å². The van der Waals surface area contributed by atoms with E-state index in [2.05, 4.69) is 18.2 Å². The van der Waals surface area contributed by atoms with Crippen molar-refractivity contribution in [3.63, 3.8) is 0 Å². The smallest absolute Gasteiger partial charge is 0.230 e. The highest BCUT2D eigenvalue weighted by Gasteiger charge is 2.61. The van der Waals surface area contributed by atoms with Gasteiger partial charge in [-0.1, -0.05) is 24.6 Å². The molecule has 1 aromatic rings. The summed E-state index contributed by atoms with van der Waals surface area (Å²) in [4.78, 5) is 14.5. The van der Waals surface area contributed by atoms with Crippen LogP contribution in [0.25, 0.3) is 0 Å². The standard InChI is InChI=1S/C15H17NO/c17-14(12-10-15(12)7-3-8-15)16-9-6-11-4-1-2-5-13(11)16/h1-2,4-5,12H,3,6-10H2/t12-/m0/s1. The first-order chi connectivity index (χ1) is 8.30. The Bertz CT molecular complexity index is 489. The van der Waals surface area contributed by atoms with Crippen molar-refractivity contribution in [1.29, 1.82) is 0 Å². The molecule has 2 aliphatic carbocycles. The molecule has 0 radical (unpaired) electrons. The topological polar surface area (TPSA) is 20.3 Å². The lowest BCUT2D eigenvalue weighted by atomic mass is 9.79. The van der Waals surface area contributed by atoms with E-state index < -0.39 is 0 Å². The SMILES string of the molecule is O=C([C@@H]1CC12CCC2)N1CCc2ccccc21. The number of benzene rings is 1. The predicted molar refractivity (Wildman–Crippen MR) is 66.9 cm³/mol. The molecule has 0 N–H and O–H groups in total. The lowest BCUT2D eigenvalue weighted by Gasteiger charge is -2.28. The Morgan fingerprint density at radius 2 is 2.12 bits per heavy atom. The van der Waals surface area contributed by atoms with Crippen molar-refractivity contribution in [2.75, 3.05) is 11.4 Å². The maximum absolute atomic E-state index is 12.5. The molecule has 1 spiro atoms. The Balaban J connectivity index is 1.59. The van der Waals surface area contributed by atoms with E-state index in [9.17, 15) is 4.79 Å². The number of hydrogen-bond donors (Lipinski definition) is 0. The fourth-order valence-corrected chi connectivity index (χ4v) is 3.64. The molecule has 1 aliphatic heterocycles. The van der Waals surface area contributed by atoms with E-state index in [1.807, 2.05) is 11.0 Å². The second kappa shape index (κ2) is 3.12. The van der Waals surface area contributed by atoms with Gasteiger partial charge in [-0.05, 0) is 42.7 Å². The molecule has 0 aromatic heterocycles. The number of anilines is 1. The summed E-state index contributed by atoms with van der Waals surface area (Å²) in [6.07, 6.45) is 6.10. The zero-order valence-corrected chi connectivity index (χ0v) is 9.98. The highest BCUT2D eigenvalue weighted by atomic mass is 16.2. The largest absolute Gasteiger partial charge is 0.312 e. The van der Waals surface area contributed by atoms with Gasteiger partial charge in [0, 0.05) is 18.2 Å². The Morgan fingerprint density at radius 1 is 1.29 bits per heavy atom. The van der Waals surface area contributed by atoms with Crippen LogP contribution in [0.15, 0.2) is 24.3 Å². The third-order valence-corrected chi connectivity index (χ3v) is 4.99. The minimum atomic E-state index is 0.349. The number of hydrogen-bond acceptors (Lipinski definition) is 1. The van der Waals surface area contributed by atoms with Crippen molar-refractivity contribution in [2.24, 2.45) is 11.3 Å². The van der Waals surface area contributed by atoms with E-state index in [0.717, 1.165) is 19.4 Å². The second-order valence-electron chi connectivity index (χ2n) is 5.84. The molecule has 3 aliphatic rings. The van der Waals surface area contributed by atoms with Gasteiger partial charge < -0.3 is 4.90 Å². The quantitative estimate of drug-likeness (QED) is 0.722. The lowest BCUT2D eigenvalue weighted by Crippen LogP contribution is -2.33.